The van der Waals surface area contributed by atoms with Crippen molar-refractivity contribution in [3.63, 3.8) is 0 Å². The molecule has 0 bridgehead atoms. The summed E-state index contributed by atoms with van der Waals surface area (Å²) in [4.78, 5) is 18.7. The van der Waals surface area contributed by atoms with E-state index in [1.54, 1.807) is 6.26 Å². The van der Waals surface area contributed by atoms with E-state index < -0.39 is 0 Å². The first-order valence-corrected chi connectivity index (χ1v) is 8.62. The van der Waals surface area contributed by atoms with Crippen molar-refractivity contribution in [2.75, 3.05) is 7.05 Å². The molecule has 2 heterocycles. The van der Waals surface area contributed by atoms with Gasteiger partial charge in [0.1, 0.15) is 5.76 Å². The van der Waals surface area contributed by atoms with E-state index in [-0.39, 0.29) is 11.8 Å². The van der Waals surface area contributed by atoms with Crippen molar-refractivity contribution in [2.24, 2.45) is 0 Å². The lowest BCUT2D eigenvalue weighted by Crippen LogP contribution is -2.30. The Balaban J connectivity index is 1.73. The van der Waals surface area contributed by atoms with Gasteiger partial charge in [-0.1, -0.05) is 48.5 Å². The van der Waals surface area contributed by atoms with Crippen LogP contribution in [-0.2, 0) is 6.54 Å². The molecule has 4 nitrogen and oxygen atoms in total. The number of Topliss-reactive ketones (excluding diaryl/α,β-unsaturated/α-hetero) is 1. The predicted octanol–water partition coefficient (Wildman–Crippen LogP) is 4.82. The van der Waals surface area contributed by atoms with Crippen LogP contribution in [-0.4, -0.2) is 22.7 Å². The Morgan fingerprint density at radius 3 is 2.58 bits per heavy atom. The van der Waals surface area contributed by atoms with Gasteiger partial charge in [0.25, 0.3) is 0 Å². The third-order valence-corrected chi connectivity index (χ3v) is 4.64. The fourth-order valence-corrected chi connectivity index (χ4v) is 3.40. The summed E-state index contributed by atoms with van der Waals surface area (Å²) in [6.45, 7) is 0.556. The second-order valence-electron chi connectivity index (χ2n) is 6.42. The number of nitrogens with one attached hydrogen (secondary N) is 1. The molecule has 0 radical (unpaired) electrons. The van der Waals surface area contributed by atoms with Gasteiger partial charge in [-0.05, 0) is 30.8 Å². The van der Waals surface area contributed by atoms with Crippen molar-refractivity contribution in [2.45, 2.75) is 12.6 Å². The lowest BCUT2D eigenvalue weighted by molar-refractivity contribution is 0.0837. The zero-order chi connectivity index (χ0) is 17.9. The van der Waals surface area contributed by atoms with Crippen LogP contribution in [0, 0.1) is 0 Å². The molecule has 4 aromatic rings. The number of aromatic nitrogens is 1. The standard InChI is InChI=1S/C22H20N2O2/c1-24(15-17-10-7-13-26-17)21(16-8-3-2-4-9-16)22(25)19-14-23-20-12-6-5-11-18(19)20/h2-14,21,23H,15H2,1H3/t21-/m1/s1. The highest BCUT2D eigenvalue weighted by atomic mass is 16.3. The Morgan fingerprint density at radius 2 is 1.81 bits per heavy atom. The summed E-state index contributed by atoms with van der Waals surface area (Å²) in [5, 5.41) is 0.949. The maximum Gasteiger partial charge on any atom is 0.186 e. The summed E-state index contributed by atoms with van der Waals surface area (Å²) in [7, 11) is 1.95. The number of ketones is 1. The van der Waals surface area contributed by atoms with Crippen LogP contribution in [0.15, 0.2) is 83.6 Å². The summed E-state index contributed by atoms with van der Waals surface area (Å²) in [6, 6.07) is 21.2. The molecule has 0 aliphatic heterocycles. The Kier molecular flexibility index (Phi) is 4.42. The van der Waals surface area contributed by atoms with Gasteiger partial charge in [-0.25, -0.2) is 0 Å². The molecule has 0 unspecified atom stereocenters. The van der Waals surface area contributed by atoms with Crippen LogP contribution >= 0.6 is 0 Å². The number of H-pyrrole nitrogens is 1. The second kappa shape index (κ2) is 7.02. The lowest BCUT2D eigenvalue weighted by Gasteiger charge is -2.26. The number of hydrogen-bond acceptors (Lipinski definition) is 3. The average molecular weight is 344 g/mol. The topological polar surface area (TPSA) is 49.2 Å². The molecule has 0 aliphatic rings. The fourth-order valence-electron chi connectivity index (χ4n) is 3.40. The fraction of sp³-hybridized carbons (Fsp3) is 0.136. The highest BCUT2D eigenvalue weighted by molar-refractivity contribution is 6.10. The third kappa shape index (κ3) is 3.07. The van der Waals surface area contributed by atoms with Gasteiger partial charge in [0.15, 0.2) is 5.78 Å². The number of hydrogen-bond donors (Lipinski definition) is 1. The van der Waals surface area contributed by atoms with Crippen molar-refractivity contribution in [1.29, 1.82) is 0 Å². The van der Waals surface area contributed by atoms with Crippen molar-refractivity contribution in [3.8, 4) is 0 Å². The number of para-hydroxylation sites is 1. The van der Waals surface area contributed by atoms with E-state index >= 15 is 0 Å². The van der Waals surface area contributed by atoms with Gasteiger partial charge < -0.3 is 9.40 Å². The van der Waals surface area contributed by atoms with Crippen LogP contribution in [0.25, 0.3) is 10.9 Å². The summed E-state index contributed by atoms with van der Waals surface area (Å²) in [6.07, 6.45) is 3.46. The number of carbonyl (C=O) groups is 1. The minimum Gasteiger partial charge on any atom is -0.468 e. The molecular weight excluding hydrogens is 324 g/mol. The van der Waals surface area contributed by atoms with Gasteiger partial charge in [0.05, 0.1) is 18.8 Å². The number of likely N-dealkylation sites (N-methyl/N-ethyl adjacent to an activating group) is 1. The number of carbonyl (C=O) groups excluding carboxylic acids is 1. The van der Waals surface area contributed by atoms with Crippen LogP contribution in [0.5, 0.6) is 0 Å². The molecule has 0 saturated carbocycles. The minimum absolute atomic E-state index is 0.0720. The summed E-state index contributed by atoms with van der Waals surface area (Å²) in [5.41, 5.74) is 2.65. The molecule has 26 heavy (non-hydrogen) atoms. The molecule has 2 aromatic heterocycles. The average Bonchev–Trinajstić information content (AvgIpc) is 3.32. The van der Waals surface area contributed by atoms with E-state index in [0.29, 0.717) is 12.1 Å². The number of rotatable bonds is 6. The first kappa shape index (κ1) is 16.4. The number of benzene rings is 2. The molecule has 1 N–H and O–H groups in total. The van der Waals surface area contributed by atoms with Crippen molar-refractivity contribution >= 4 is 16.7 Å². The summed E-state index contributed by atoms with van der Waals surface area (Å²) < 4.78 is 5.47. The second-order valence-corrected chi connectivity index (χ2v) is 6.42. The van der Waals surface area contributed by atoms with Crippen LogP contribution in [0.4, 0.5) is 0 Å². The normalized spacial score (nSPS) is 12.5. The van der Waals surface area contributed by atoms with Crippen LogP contribution in [0.2, 0.25) is 0 Å². The Morgan fingerprint density at radius 1 is 1.04 bits per heavy atom. The van der Waals surface area contributed by atoms with Gasteiger partial charge in [-0.2, -0.15) is 0 Å². The summed E-state index contributed by atoms with van der Waals surface area (Å²) >= 11 is 0. The molecule has 0 fully saturated rings. The van der Waals surface area contributed by atoms with E-state index in [9.17, 15) is 4.79 Å². The van der Waals surface area contributed by atoms with Crippen molar-refractivity contribution in [1.82, 2.24) is 9.88 Å². The monoisotopic (exact) mass is 344 g/mol. The number of aromatic amines is 1. The molecule has 0 amide bonds. The highest BCUT2D eigenvalue weighted by Crippen LogP contribution is 2.29. The Labute approximate surface area is 152 Å². The number of fused-ring (bicyclic) bond motifs is 1. The molecule has 0 saturated heterocycles. The predicted molar refractivity (Wildman–Crippen MR) is 102 cm³/mol. The van der Waals surface area contributed by atoms with Gasteiger partial charge in [0.2, 0.25) is 0 Å². The largest absolute Gasteiger partial charge is 0.468 e. The van der Waals surface area contributed by atoms with Gasteiger partial charge in [-0.3, -0.25) is 9.69 Å². The Bertz CT molecular complexity index is 1000. The van der Waals surface area contributed by atoms with E-state index in [1.165, 1.54) is 0 Å². The van der Waals surface area contributed by atoms with Gasteiger partial charge >= 0.3 is 0 Å². The van der Waals surface area contributed by atoms with Crippen molar-refractivity contribution in [3.05, 3.63) is 96.1 Å². The molecule has 0 spiro atoms. The quantitative estimate of drug-likeness (QED) is 0.510. The molecular formula is C22H20N2O2. The third-order valence-electron chi connectivity index (χ3n) is 4.64. The maximum atomic E-state index is 13.5. The molecule has 2 aromatic carbocycles. The molecule has 4 rings (SSSR count). The minimum atomic E-state index is -0.388. The van der Waals surface area contributed by atoms with Crippen LogP contribution in [0.1, 0.15) is 27.7 Å². The summed E-state index contributed by atoms with van der Waals surface area (Å²) in [5.74, 6) is 0.905. The van der Waals surface area contributed by atoms with E-state index in [1.807, 2.05) is 84.9 Å². The van der Waals surface area contributed by atoms with Crippen molar-refractivity contribution < 1.29 is 9.21 Å². The SMILES string of the molecule is CN(Cc1ccco1)[C@@H](C(=O)c1c[nH]c2ccccc12)c1ccccc1. The lowest BCUT2D eigenvalue weighted by atomic mass is 9.96. The van der Waals surface area contributed by atoms with Crippen LogP contribution < -0.4 is 0 Å². The number of furan rings is 1. The van der Waals surface area contributed by atoms with E-state index in [0.717, 1.165) is 22.2 Å². The molecule has 130 valence electrons. The smallest absolute Gasteiger partial charge is 0.186 e. The zero-order valence-corrected chi connectivity index (χ0v) is 14.6. The van der Waals surface area contributed by atoms with Gasteiger partial charge in [0, 0.05) is 22.7 Å². The zero-order valence-electron chi connectivity index (χ0n) is 14.6. The maximum absolute atomic E-state index is 13.5. The highest BCUT2D eigenvalue weighted by Gasteiger charge is 2.28. The molecule has 4 heteroatoms. The Hall–Kier alpha value is -3.11. The van der Waals surface area contributed by atoms with E-state index in [4.69, 9.17) is 4.42 Å². The van der Waals surface area contributed by atoms with Gasteiger partial charge in [-0.15, -0.1) is 0 Å². The molecule has 0 aliphatic carbocycles. The first-order valence-electron chi connectivity index (χ1n) is 8.62. The van der Waals surface area contributed by atoms with Crippen LogP contribution in [0.3, 0.4) is 0 Å². The molecule has 1 atom stereocenters. The van der Waals surface area contributed by atoms with E-state index in [2.05, 4.69) is 4.98 Å². The first-order chi connectivity index (χ1) is 12.7. The number of nitrogens with zero attached hydrogens (tertiary/aromatic N) is 1.